The molecule has 2 aromatic carbocycles. The lowest BCUT2D eigenvalue weighted by molar-refractivity contribution is -0.137. The molecule has 6 heteroatoms. The third-order valence-corrected chi connectivity index (χ3v) is 5.90. The fourth-order valence-corrected chi connectivity index (χ4v) is 4.08. The molecule has 30 heavy (non-hydrogen) atoms. The molecule has 0 unspecified atom stereocenters. The van der Waals surface area contributed by atoms with E-state index in [1.807, 2.05) is 77.4 Å². The lowest BCUT2D eigenvalue weighted by atomic mass is 9.98. The largest absolute Gasteiger partial charge is 0.381 e. The topological polar surface area (TPSA) is 47.4 Å². The highest BCUT2D eigenvalue weighted by atomic mass is 35.5. The van der Waals surface area contributed by atoms with Gasteiger partial charge in [-0.1, -0.05) is 60.1 Å². The van der Waals surface area contributed by atoms with E-state index in [0.29, 0.717) is 26.3 Å². The highest BCUT2D eigenvalue weighted by Crippen LogP contribution is 2.26. The van der Waals surface area contributed by atoms with Crippen LogP contribution in [0.2, 0.25) is 5.02 Å². The van der Waals surface area contributed by atoms with Gasteiger partial charge in [-0.05, 0) is 24.5 Å². The molecule has 4 rings (SSSR count). The number of nitrogens with zero attached hydrogens (tertiary/aromatic N) is 3. The van der Waals surface area contributed by atoms with Crippen molar-refractivity contribution in [2.45, 2.75) is 25.9 Å². The molecule has 0 atom stereocenters. The van der Waals surface area contributed by atoms with Gasteiger partial charge in [0.05, 0.1) is 12.2 Å². The molecule has 1 saturated heterocycles. The zero-order valence-electron chi connectivity index (χ0n) is 17.1. The molecule has 0 spiro atoms. The summed E-state index contributed by atoms with van der Waals surface area (Å²) < 4.78 is 7.31. The Morgan fingerprint density at radius 2 is 1.80 bits per heavy atom. The van der Waals surface area contributed by atoms with Crippen molar-refractivity contribution in [3.8, 4) is 11.3 Å². The van der Waals surface area contributed by atoms with Crippen LogP contribution in [0.1, 0.15) is 24.0 Å². The normalized spacial score (nSPS) is 14.6. The van der Waals surface area contributed by atoms with Crippen molar-refractivity contribution >= 4 is 17.5 Å². The summed E-state index contributed by atoms with van der Waals surface area (Å²) in [6.07, 6.45) is 3.61. The summed E-state index contributed by atoms with van der Waals surface area (Å²) in [5, 5.41) is 5.57. The van der Waals surface area contributed by atoms with Crippen molar-refractivity contribution in [3.05, 3.63) is 76.9 Å². The first-order valence-corrected chi connectivity index (χ1v) is 10.7. The van der Waals surface area contributed by atoms with Gasteiger partial charge in [0.25, 0.3) is 0 Å². The molecule has 5 nitrogen and oxygen atoms in total. The van der Waals surface area contributed by atoms with Gasteiger partial charge in [-0.15, -0.1) is 0 Å². The summed E-state index contributed by atoms with van der Waals surface area (Å²) in [4.78, 5) is 14.7. The van der Waals surface area contributed by atoms with Gasteiger partial charge >= 0.3 is 0 Å². The van der Waals surface area contributed by atoms with Gasteiger partial charge in [0, 0.05) is 55.1 Å². The van der Waals surface area contributed by atoms with Crippen LogP contribution in [0, 0.1) is 5.92 Å². The predicted molar refractivity (Wildman–Crippen MR) is 118 cm³/mol. The first kappa shape index (κ1) is 20.6. The molecule has 156 valence electrons. The zero-order valence-corrected chi connectivity index (χ0v) is 17.9. The van der Waals surface area contributed by atoms with Crippen LogP contribution in [-0.4, -0.2) is 40.8 Å². The minimum atomic E-state index is 0.0436. The standard InChI is InChI=1S/C24H26ClN3O2/c1-27(24(29)19-11-13-30-14-12-19)15-21-17-28(16-20-9-5-6-10-22(20)25)26-23(21)18-7-3-2-4-8-18/h2-10,17,19H,11-16H2,1H3. The SMILES string of the molecule is CN(Cc1cn(Cc2ccccc2Cl)nc1-c1ccccc1)C(=O)C1CCOCC1. The molecule has 1 aliphatic heterocycles. The van der Waals surface area contributed by atoms with Crippen molar-refractivity contribution in [1.29, 1.82) is 0 Å². The number of aromatic nitrogens is 2. The van der Waals surface area contributed by atoms with Crippen molar-refractivity contribution in [1.82, 2.24) is 14.7 Å². The monoisotopic (exact) mass is 423 g/mol. The van der Waals surface area contributed by atoms with Gasteiger partial charge in [0.2, 0.25) is 5.91 Å². The first-order chi connectivity index (χ1) is 14.6. The Hall–Kier alpha value is -2.63. The highest BCUT2D eigenvalue weighted by molar-refractivity contribution is 6.31. The molecular formula is C24H26ClN3O2. The molecule has 1 aliphatic rings. The Balaban J connectivity index is 1.59. The Kier molecular flexibility index (Phi) is 6.50. The van der Waals surface area contributed by atoms with Crippen LogP contribution in [-0.2, 0) is 22.6 Å². The lowest BCUT2D eigenvalue weighted by Gasteiger charge is -2.26. The van der Waals surface area contributed by atoms with Crippen molar-refractivity contribution in [2.24, 2.45) is 5.92 Å². The summed E-state index contributed by atoms with van der Waals surface area (Å²) >= 11 is 6.35. The Labute approximate surface area is 182 Å². The first-order valence-electron chi connectivity index (χ1n) is 10.3. The Morgan fingerprint density at radius 3 is 2.53 bits per heavy atom. The van der Waals surface area contributed by atoms with Crippen LogP contribution < -0.4 is 0 Å². The fourth-order valence-electron chi connectivity index (χ4n) is 3.89. The van der Waals surface area contributed by atoms with Crippen LogP contribution in [0.5, 0.6) is 0 Å². The van der Waals surface area contributed by atoms with Crippen LogP contribution in [0.25, 0.3) is 11.3 Å². The fraction of sp³-hybridized carbons (Fsp3) is 0.333. The quantitative estimate of drug-likeness (QED) is 0.580. The second-order valence-electron chi connectivity index (χ2n) is 7.74. The van der Waals surface area contributed by atoms with Gasteiger partial charge in [-0.25, -0.2) is 0 Å². The molecule has 0 saturated carbocycles. The summed E-state index contributed by atoms with van der Waals surface area (Å²) in [6, 6.07) is 17.9. The molecule has 0 aliphatic carbocycles. The molecule has 1 aromatic heterocycles. The van der Waals surface area contributed by atoms with Crippen molar-refractivity contribution < 1.29 is 9.53 Å². The molecule has 3 aromatic rings. The lowest BCUT2D eigenvalue weighted by Crippen LogP contribution is -2.35. The molecule has 0 bridgehead atoms. The van der Waals surface area contributed by atoms with E-state index in [1.165, 1.54) is 0 Å². The van der Waals surface area contributed by atoms with Gasteiger partial charge in [0.1, 0.15) is 0 Å². The summed E-state index contributed by atoms with van der Waals surface area (Å²) in [6.45, 7) is 2.42. The van der Waals surface area contributed by atoms with E-state index >= 15 is 0 Å². The average molecular weight is 424 g/mol. The molecular weight excluding hydrogens is 398 g/mol. The van der Waals surface area contributed by atoms with Crippen LogP contribution in [0.3, 0.4) is 0 Å². The third-order valence-electron chi connectivity index (χ3n) is 5.53. The van der Waals surface area contributed by atoms with Crippen LogP contribution in [0.4, 0.5) is 0 Å². The highest BCUT2D eigenvalue weighted by Gasteiger charge is 2.25. The third kappa shape index (κ3) is 4.74. The Morgan fingerprint density at radius 1 is 1.10 bits per heavy atom. The number of amides is 1. The molecule has 0 radical (unpaired) electrons. The number of benzene rings is 2. The smallest absolute Gasteiger partial charge is 0.225 e. The summed E-state index contributed by atoms with van der Waals surface area (Å²) in [7, 11) is 1.87. The van der Waals surface area contributed by atoms with Gasteiger partial charge in [0.15, 0.2) is 0 Å². The van der Waals surface area contributed by atoms with Crippen LogP contribution >= 0.6 is 11.6 Å². The molecule has 0 N–H and O–H groups in total. The van der Waals surface area contributed by atoms with E-state index in [0.717, 1.165) is 40.2 Å². The van der Waals surface area contributed by atoms with E-state index in [-0.39, 0.29) is 11.8 Å². The molecule has 2 heterocycles. The number of rotatable bonds is 6. The van der Waals surface area contributed by atoms with E-state index in [1.54, 1.807) is 0 Å². The van der Waals surface area contributed by atoms with Gasteiger partial charge in [-0.2, -0.15) is 5.10 Å². The number of hydrogen-bond donors (Lipinski definition) is 0. The molecule has 1 amide bonds. The number of hydrogen-bond acceptors (Lipinski definition) is 3. The summed E-state index contributed by atoms with van der Waals surface area (Å²) in [5.41, 5.74) is 3.97. The number of ether oxygens (including phenoxy) is 1. The van der Waals surface area contributed by atoms with Crippen molar-refractivity contribution in [3.63, 3.8) is 0 Å². The maximum absolute atomic E-state index is 12.9. The molecule has 1 fully saturated rings. The minimum absolute atomic E-state index is 0.0436. The van der Waals surface area contributed by atoms with E-state index < -0.39 is 0 Å². The second-order valence-corrected chi connectivity index (χ2v) is 8.15. The number of halogens is 1. The maximum Gasteiger partial charge on any atom is 0.225 e. The zero-order chi connectivity index (χ0) is 20.9. The van der Waals surface area contributed by atoms with Crippen molar-refractivity contribution in [2.75, 3.05) is 20.3 Å². The van der Waals surface area contributed by atoms with Gasteiger partial charge < -0.3 is 9.64 Å². The number of carbonyl (C=O) groups is 1. The number of carbonyl (C=O) groups excluding carboxylic acids is 1. The van der Waals surface area contributed by atoms with Gasteiger partial charge in [-0.3, -0.25) is 9.48 Å². The maximum atomic E-state index is 12.9. The van der Waals surface area contributed by atoms with E-state index in [4.69, 9.17) is 21.4 Å². The second kappa shape index (κ2) is 9.45. The van der Waals surface area contributed by atoms with E-state index in [2.05, 4.69) is 0 Å². The van der Waals surface area contributed by atoms with Crippen LogP contribution in [0.15, 0.2) is 60.8 Å². The average Bonchev–Trinajstić information content (AvgIpc) is 3.18. The van der Waals surface area contributed by atoms with E-state index in [9.17, 15) is 4.79 Å². The minimum Gasteiger partial charge on any atom is -0.381 e. The summed E-state index contributed by atoms with van der Waals surface area (Å²) in [5.74, 6) is 0.221. The Bertz CT molecular complexity index is 997. The predicted octanol–water partition coefficient (Wildman–Crippen LogP) is 4.64.